The van der Waals surface area contributed by atoms with Gasteiger partial charge in [-0.2, -0.15) is 0 Å². The van der Waals surface area contributed by atoms with E-state index in [0.717, 1.165) is 49.8 Å². The Bertz CT molecular complexity index is 1630. The zero-order valence-electron chi connectivity index (χ0n) is 19.6. The van der Waals surface area contributed by atoms with Gasteiger partial charge in [-0.15, -0.1) is 0 Å². The quantitative estimate of drug-likeness (QED) is 0.275. The van der Waals surface area contributed by atoms with Crippen molar-refractivity contribution >= 4 is 21.9 Å². The molecule has 2 aromatic heterocycles. The molecule has 0 fully saturated rings. The van der Waals surface area contributed by atoms with Crippen LogP contribution in [0.2, 0.25) is 0 Å². The van der Waals surface area contributed by atoms with Crippen molar-refractivity contribution in [2.75, 3.05) is 0 Å². The number of nitrogens with zero attached hydrogens (tertiary/aromatic N) is 1. The van der Waals surface area contributed by atoms with Gasteiger partial charge in [-0.1, -0.05) is 84.4 Å². The van der Waals surface area contributed by atoms with Crippen LogP contribution < -0.4 is 0 Å². The van der Waals surface area contributed by atoms with E-state index in [4.69, 9.17) is 4.42 Å². The van der Waals surface area contributed by atoms with Gasteiger partial charge in [-0.05, 0) is 60.2 Å². The molecule has 4 aromatic carbocycles. The summed E-state index contributed by atoms with van der Waals surface area (Å²) in [5.41, 5.74) is 12.6. The molecule has 0 bridgehead atoms. The van der Waals surface area contributed by atoms with Crippen LogP contribution in [-0.4, -0.2) is 4.98 Å². The van der Waals surface area contributed by atoms with Crippen LogP contribution in [0.3, 0.4) is 0 Å². The van der Waals surface area contributed by atoms with Crippen molar-refractivity contribution in [3.05, 3.63) is 114 Å². The number of pyridine rings is 1. The molecular weight excluding hydrogens is 414 g/mol. The average Bonchev–Trinajstić information content (AvgIpc) is 3.24. The van der Waals surface area contributed by atoms with E-state index in [2.05, 4.69) is 105 Å². The average molecular weight is 440 g/mol. The number of hydrogen-bond donors (Lipinski definition) is 0. The number of hydrogen-bond acceptors (Lipinski definition) is 2. The predicted molar refractivity (Wildman–Crippen MR) is 142 cm³/mol. The van der Waals surface area contributed by atoms with Crippen molar-refractivity contribution < 1.29 is 4.42 Å². The van der Waals surface area contributed by atoms with Gasteiger partial charge >= 0.3 is 0 Å². The van der Waals surface area contributed by atoms with Gasteiger partial charge in [-0.3, -0.25) is 4.98 Å². The minimum absolute atomic E-state index is 0.932. The molecule has 2 heterocycles. The number of rotatable bonds is 3. The third-order valence-electron chi connectivity index (χ3n) is 6.66. The minimum Gasteiger partial charge on any atom is -0.455 e. The summed E-state index contributed by atoms with van der Waals surface area (Å²) in [6, 6.07) is 30.1. The lowest BCUT2D eigenvalue weighted by Crippen LogP contribution is -1.90. The first-order valence-electron chi connectivity index (χ1n) is 11.6. The van der Waals surface area contributed by atoms with Crippen LogP contribution in [0.1, 0.15) is 16.7 Å². The molecule has 0 amide bonds. The normalized spacial score (nSPS) is 11.4. The lowest BCUT2D eigenvalue weighted by molar-refractivity contribution is 0.671. The summed E-state index contributed by atoms with van der Waals surface area (Å²) < 4.78 is 6.67. The van der Waals surface area contributed by atoms with Crippen LogP contribution in [0.4, 0.5) is 0 Å². The molecule has 0 saturated carbocycles. The molecule has 0 radical (unpaired) electrons. The highest BCUT2D eigenvalue weighted by Crippen LogP contribution is 2.41. The maximum absolute atomic E-state index is 6.67. The van der Waals surface area contributed by atoms with Crippen LogP contribution in [0.5, 0.6) is 0 Å². The smallest absolute Gasteiger partial charge is 0.143 e. The van der Waals surface area contributed by atoms with Gasteiger partial charge < -0.3 is 4.42 Å². The van der Waals surface area contributed by atoms with E-state index in [-0.39, 0.29) is 0 Å². The Hall–Kier alpha value is -4.17. The highest BCUT2D eigenvalue weighted by atomic mass is 16.3. The molecule has 0 spiro atoms. The number of fused-ring (bicyclic) bond motifs is 3. The Balaban J connectivity index is 1.54. The van der Waals surface area contributed by atoms with Crippen molar-refractivity contribution in [1.29, 1.82) is 0 Å². The summed E-state index contributed by atoms with van der Waals surface area (Å²) in [7, 11) is 0. The summed E-state index contributed by atoms with van der Waals surface area (Å²) in [6.07, 6.45) is 3.69. The van der Waals surface area contributed by atoms with E-state index >= 15 is 0 Å². The van der Waals surface area contributed by atoms with E-state index in [9.17, 15) is 0 Å². The standard InChI is InChI=1S/C32H25NO/c1-20-17-21(2)30(22(3)18-20)29-11-5-10-28-27-9-4-8-26(31(27)34-32(28)29)24-14-12-23(13-15-24)25-7-6-16-33-19-25/h4-19H,1-3H3. The highest BCUT2D eigenvalue weighted by molar-refractivity contribution is 6.13. The molecule has 2 heteroatoms. The molecular formula is C32H25NO. The van der Waals surface area contributed by atoms with Gasteiger partial charge in [0.25, 0.3) is 0 Å². The molecule has 164 valence electrons. The topological polar surface area (TPSA) is 26.0 Å². The van der Waals surface area contributed by atoms with Gasteiger partial charge in [0, 0.05) is 34.3 Å². The molecule has 0 N–H and O–H groups in total. The molecule has 0 aliphatic heterocycles. The third kappa shape index (κ3) is 3.31. The summed E-state index contributed by atoms with van der Waals surface area (Å²) in [5.74, 6) is 0. The number of benzene rings is 4. The fraction of sp³-hybridized carbons (Fsp3) is 0.0938. The molecule has 2 nitrogen and oxygen atoms in total. The molecule has 6 aromatic rings. The van der Waals surface area contributed by atoms with Crippen LogP contribution in [0, 0.1) is 20.8 Å². The van der Waals surface area contributed by atoms with Gasteiger partial charge in [0.1, 0.15) is 11.2 Å². The molecule has 0 aliphatic rings. The van der Waals surface area contributed by atoms with Crippen molar-refractivity contribution in [3.8, 4) is 33.4 Å². The number of aryl methyl sites for hydroxylation is 3. The second-order valence-corrected chi connectivity index (χ2v) is 9.06. The molecule has 6 rings (SSSR count). The molecule has 0 unspecified atom stereocenters. The van der Waals surface area contributed by atoms with Crippen molar-refractivity contribution in [2.24, 2.45) is 0 Å². The lowest BCUT2D eigenvalue weighted by Gasteiger charge is -2.12. The molecule has 34 heavy (non-hydrogen) atoms. The van der Waals surface area contributed by atoms with Gasteiger partial charge in [0.05, 0.1) is 0 Å². The summed E-state index contributed by atoms with van der Waals surface area (Å²) in [4.78, 5) is 4.24. The Morgan fingerprint density at radius 2 is 1.21 bits per heavy atom. The van der Waals surface area contributed by atoms with Crippen LogP contribution in [-0.2, 0) is 0 Å². The fourth-order valence-electron chi connectivity index (χ4n) is 5.23. The summed E-state index contributed by atoms with van der Waals surface area (Å²) in [6.45, 7) is 6.52. The van der Waals surface area contributed by atoms with Crippen molar-refractivity contribution in [2.45, 2.75) is 20.8 Å². The van der Waals surface area contributed by atoms with E-state index in [0.29, 0.717) is 0 Å². The second-order valence-electron chi connectivity index (χ2n) is 9.06. The summed E-state index contributed by atoms with van der Waals surface area (Å²) in [5, 5.41) is 2.30. The Morgan fingerprint density at radius 3 is 1.85 bits per heavy atom. The predicted octanol–water partition coefficient (Wildman–Crippen LogP) is 8.91. The minimum atomic E-state index is 0.932. The van der Waals surface area contributed by atoms with Crippen molar-refractivity contribution in [1.82, 2.24) is 4.98 Å². The molecule has 0 saturated heterocycles. The van der Waals surface area contributed by atoms with E-state index in [1.165, 1.54) is 22.3 Å². The first kappa shape index (κ1) is 20.4. The third-order valence-corrected chi connectivity index (χ3v) is 6.66. The first-order chi connectivity index (χ1) is 16.6. The second kappa shape index (κ2) is 8.00. The van der Waals surface area contributed by atoms with Crippen LogP contribution in [0.25, 0.3) is 55.3 Å². The SMILES string of the molecule is Cc1cc(C)c(-c2cccc3c2oc2c(-c4ccc(-c5cccnc5)cc4)cccc23)c(C)c1. The first-order valence-corrected chi connectivity index (χ1v) is 11.6. The lowest BCUT2D eigenvalue weighted by atomic mass is 9.92. The Morgan fingerprint density at radius 1 is 0.588 bits per heavy atom. The monoisotopic (exact) mass is 439 g/mol. The molecule has 0 atom stereocenters. The Labute approximate surface area is 199 Å². The van der Waals surface area contributed by atoms with Crippen LogP contribution >= 0.6 is 0 Å². The largest absolute Gasteiger partial charge is 0.455 e. The number of para-hydroxylation sites is 2. The maximum atomic E-state index is 6.67. The van der Waals surface area contributed by atoms with Crippen molar-refractivity contribution in [3.63, 3.8) is 0 Å². The molecule has 0 aliphatic carbocycles. The number of furan rings is 1. The van der Waals surface area contributed by atoms with E-state index in [1.807, 2.05) is 12.3 Å². The van der Waals surface area contributed by atoms with E-state index in [1.54, 1.807) is 6.20 Å². The highest BCUT2D eigenvalue weighted by Gasteiger charge is 2.17. The van der Waals surface area contributed by atoms with Crippen LogP contribution in [0.15, 0.2) is 102 Å². The zero-order chi connectivity index (χ0) is 23.2. The Kier molecular flexibility index (Phi) is 4.81. The van der Waals surface area contributed by atoms with E-state index < -0.39 is 0 Å². The fourth-order valence-corrected chi connectivity index (χ4v) is 5.23. The summed E-state index contributed by atoms with van der Waals surface area (Å²) >= 11 is 0. The van der Waals surface area contributed by atoms with Gasteiger partial charge in [0.15, 0.2) is 0 Å². The maximum Gasteiger partial charge on any atom is 0.143 e. The van der Waals surface area contributed by atoms with Gasteiger partial charge in [-0.25, -0.2) is 0 Å². The number of aromatic nitrogens is 1. The van der Waals surface area contributed by atoms with Gasteiger partial charge in [0.2, 0.25) is 0 Å². The zero-order valence-corrected chi connectivity index (χ0v) is 19.6.